The van der Waals surface area contributed by atoms with Crippen molar-refractivity contribution in [1.82, 2.24) is 10.6 Å². The van der Waals surface area contributed by atoms with Gasteiger partial charge in [-0.2, -0.15) is 0 Å². The average Bonchev–Trinajstić information content (AvgIpc) is 2.51. The number of aryl methyl sites for hydroxylation is 1. The van der Waals surface area contributed by atoms with E-state index in [0.717, 1.165) is 11.1 Å². The molecule has 4 heteroatoms. The van der Waals surface area contributed by atoms with Gasteiger partial charge in [0.05, 0.1) is 0 Å². The number of hydrogen-bond acceptors (Lipinski definition) is 2. The van der Waals surface area contributed by atoms with Crippen molar-refractivity contribution in [1.29, 1.82) is 0 Å². The minimum atomic E-state index is -0.319. The molecule has 2 aromatic carbocycles. The first-order valence-corrected chi connectivity index (χ1v) is 8.01. The van der Waals surface area contributed by atoms with E-state index in [4.69, 9.17) is 0 Å². The Labute approximate surface area is 143 Å². The number of carbonyl (C=O) groups excluding carboxylic acids is 2. The molecule has 0 fully saturated rings. The van der Waals surface area contributed by atoms with E-state index in [1.54, 1.807) is 24.3 Å². The van der Waals surface area contributed by atoms with Crippen molar-refractivity contribution in [2.75, 3.05) is 0 Å². The zero-order valence-corrected chi connectivity index (χ0v) is 14.6. The van der Waals surface area contributed by atoms with Crippen LogP contribution in [0, 0.1) is 6.92 Å². The zero-order chi connectivity index (χ0) is 17.7. The molecule has 0 atom stereocenters. The number of nitrogens with one attached hydrogen (secondary N) is 2. The van der Waals surface area contributed by atoms with E-state index in [-0.39, 0.29) is 17.4 Å². The van der Waals surface area contributed by atoms with Gasteiger partial charge < -0.3 is 10.6 Å². The van der Waals surface area contributed by atoms with Gasteiger partial charge in [0.15, 0.2) is 0 Å². The van der Waals surface area contributed by atoms with Crippen LogP contribution >= 0.6 is 0 Å². The van der Waals surface area contributed by atoms with Gasteiger partial charge in [-0.25, -0.2) is 0 Å². The van der Waals surface area contributed by atoms with Crippen LogP contribution in [0.1, 0.15) is 52.6 Å². The molecule has 0 saturated heterocycles. The van der Waals surface area contributed by atoms with Crippen LogP contribution < -0.4 is 10.6 Å². The maximum Gasteiger partial charge on any atom is 0.251 e. The molecule has 0 aliphatic rings. The first-order chi connectivity index (χ1) is 11.2. The van der Waals surface area contributed by atoms with Gasteiger partial charge in [0, 0.05) is 23.2 Å². The van der Waals surface area contributed by atoms with Gasteiger partial charge in [0.25, 0.3) is 11.8 Å². The van der Waals surface area contributed by atoms with E-state index in [1.807, 2.05) is 52.0 Å². The third kappa shape index (κ3) is 5.23. The molecule has 0 radical (unpaired) electrons. The largest absolute Gasteiger partial charge is 0.348 e. The highest BCUT2D eigenvalue weighted by Crippen LogP contribution is 2.09. The summed E-state index contributed by atoms with van der Waals surface area (Å²) in [4.78, 5) is 24.5. The van der Waals surface area contributed by atoms with Crippen LogP contribution in [0.15, 0.2) is 48.5 Å². The molecule has 0 bridgehead atoms. The van der Waals surface area contributed by atoms with E-state index < -0.39 is 0 Å². The van der Waals surface area contributed by atoms with Crippen molar-refractivity contribution >= 4 is 11.8 Å². The van der Waals surface area contributed by atoms with Crippen LogP contribution in [0.5, 0.6) is 0 Å². The maximum absolute atomic E-state index is 12.3. The molecular weight excluding hydrogens is 300 g/mol. The Morgan fingerprint density at radius 2 is 1.54 bits per heavy atom. The Kier molecular flexibility index (Phi) is 5.39. The first-order valence-electron chi connectivity index (χ1n) is 8.01. The van der Waals surface area contributed by atoms with E-state index in [1.165, 1.54) is 0 Å². The lowest BCUT2D eigenvalue weighted by molar-refractivity contribution is 0.0919. The Balaban J connectivity index is 2.05. The monoisotopic (exact) mass is 324 g/mol. The molecule has 126 valence electrons. The molecular formula is C20H24N2O2. The maximum atomic E-state index is 12.3. The van der Waals surface area contributed by atoms with Gasteiger partial charge in [-0.3, -0.25) is 9.59 Å². The molecule has 0 heterocycles. The Hall–Kier alpha value is -2.62. The number of hydrogen-bond donors (Lipinski definition) is 2. The summed E-state index contributed by atoms with van der Waals surface area (Å²) in [6, 6.07) is 14.7. The molecule has 0 saturated carbocycles. The van der Waals surface area contributed by atoms with Gasteiger partial charge in [-0.05, 0) is 51.5 Å². The fraction of sp³-hybridized carbons (Fsp3) is 0.300. The lowest BCUT2D eigenvalue weighted by Gasteiger charge is -2.20. The lowest BCUT2D eigenvalue weighted by Crippen LogP contribution is -2.40. The van der Waals surface area contributed by atoms with Gasteiger partial charge in [-0.1, -0.05) is 35.9 Å². The second-order valence-electron chi connectivity index (χ2n) is 6.96. The smallest absolute Gasteiger partial charge is 0.251 e. The van der Waals surface area contributed by atoms with E-state index in [0.29, 0.717) is 17.7 Å². The van der Waals surface area contributed by atoms with Crippen molar-refractivity contribution in [3.8, 4) is 0 Å². The van der Waals surface area contributed by atoms with Crippen molar-refractivity contribution in [2.24, 2.45) is 0 Å². The fourth-order valence-electron chi connectivity index (χ4n) is 2.32. The molecule has 2 aromatic rings. The van der Waals surface area contributed by atoms with Gasteiger partial charge in [0.2, 0.25) is 0 Å². The Morgan fingerprint density at radius 1 is 0.917 bits per heavy atom. The number of amides is 2. The van der Waals surface area contributed by atoms with E-state index in [2.05, 4.69) is 10.6 Å². The average molecular weight is 324 g/mol. The fourth-order valence-corrected chi connectivity index (χ4v) is 2.32. The summed E-state index contributed by atoms with van der Waals surface area (Å²) in [5.74, 6) is -0.377. The Bertz CT molecular complexity index is 745. The van der Waals surface area contributed by atoms with Gasteiger partial charge >= 0.3 is 0 Å². The van der Waals surface area contributed by atoms with E-state index >= 15 is 0 Å². The van der Waals surface area contributed by atoms with Crippen molar-refractivity contribution in [2.45, 2.75) is 39.8 Å². The number of benzene rings is 2. The zero-order valence-electron chi connectivity index (χ0n) is 14.6. The summed E-state index contributed by atoms with van der Waals surface area (Å²) in [6.45, 7) is 8.23. The molecule has 0 unspecified atom stereocenters. The molecule has 0 aliphatic heterocycles. The summed E-state index contributed by atoms with van der Waals surface area (Å²) >= 11 is 0. The summed E-state index contributed by atoms with van der Waals surface area (Å²) in [5.41, 5.74) is 2.84. The second kappa shape index (κ2) is 7.30. The standard InChI is InChI=1S/C20H24N2O2/c1-14-7-5-8-15(11-14)13-21-18(23)16-9-6-10-17(12-16)19(24)22-20(2,3)4/h5-12H,13H2,1-4H3,(H,21,23)(H,22,24). The number of carbonyl (C=O) groups is 2. The minimum Gasteiger partial charge on any atom is -0.348 e. The van der Waals surface area contributed by atoms with Crippen molar-refractivity contribution in [3.05, 3.63) is 70.8 Å². The summed E-state index contributed by atoms with van der Waals surface area (Å²) in [5, 5.41) is 5.78. The molecule has 2 N–H and O–H groups in total. The van der Waals surface area contributed by atoms with Crippen LogP contribution in [0.3, 0.4) is 0 Å². The molecule has 0 spiro atoms. The van der Waals surface area contributed by atoms with Crippen molar-refractivity contribution in [3.63, 3.8) is 0 Å². The molecule has 24 heavy (non-hydrogen) atoms. The second-order valence-corrected chi connectivity index (χ2v) is 6.96. The van der Waals surface area contributed by atoms with Crippen molar-refractivity contribution < 1.29 is 9.59 Å². The highest BCUT2D eigenvalue weighted by molar-refractivity contribution is 5.99. The Morgan fingerprint density at radius 3 is 2.17 bits per heavy atom. The predicted octanol–water partition coefficient (Wildman–Crippen LogP) is 3.45. The summed E-state index contributed by atoms with van der Waals surface area (Å²) in [6.07, 6.45) is 0. The highest BCUT2D eigenvalue weighted by atomic mass is 16.2. The molecule has 2 rings (SSSR count). The van der Waals surface area contributed by atoms with Gasteiger partial charge in [0.1, 0.15) is 0 Å². The normalized spacial score (nSPS) is 11.0. The molecule has 2 amide bonds. The predicted molar refractivity (Wildman–Crippen MR) is 96.0 cm³/mol. The topological polar surface area (TPSA) is 58.2 Å². The van der Waals surface area contributed by atoms with E-state index in [9.17, 15) is 9.59 Å². The highest BCUT2D eigenvalue weighted by Gasteiger charge is 2.16. The van der Waals surface area contributed by atoms with Crippen LogP contribution in [0.4, 0.5) is 0 Å². The quantitative estimate of drug-likeness (QED) is 0.905. The van der Waals surface area contributed by atoms with Crippen LogP contribution in [0.25, 0.3) is 0 Å². The summed E-state index contributed by atoms with van der Waals surface area (Å²) < 4.78 is 0. The minimum absolute atomic E-state index is 0.184. The first kappa shape index (κ1) is 17.7. The van der Waals surface area contributed by atoms with Crippen LogP contribution in [-0.4, -0.2) is 17.4 Å². The summed E-state index contributed by atoms with van der Waals surface area (Å²) in [7, 11) is 0. The third-order valence-corrected chi connectivity index (χ3v) is 3.41. The lowest BCUT2D eigenvalue weighted by atomic mass is 10.1. The molecule has 4 nitrogen and oxygen atoms in total. The van der Waals surface area contributed by atoms with Crippen LogP contribution in [-0.2, 0) is 6.54 Å². The molecule has 0 aliphatic carbocycles. The SMILES string of the molecule is Cc1cccc(CNC(=O)c2cccc(C(=O)NC(C)(C)C)c2)c1. The third-order valence-electron chi connectivity index (χ3n) is 3.41. The molecule has 0 aromatic heterocycles. The van der Waals surface area contributed by atoms with Gasteiger partial charge in [-0.15, -0.1) is 0 Å². The van der Waals surface area contributed by atoms with Crippen LogP contribution in [0.2, 0.25) is 0 Å². The number of rotatable bonds is 4.